The first kappa shape index (κ1) is 20.7. The van der Waals surface area contributed by atoms with E-state index in [2.05, 4.69) is 53.8 Å². The van der Waals surface area contributed by atoms with Gasteiger partial charge in [0.2, 0.25) is 0 Å². The van der Waals surface area contributed by atoms with Gasteiger partial charge in [0, 0.05) is 12.2 Å². The van der Waals surface area contributed by atoms with Gasteiger partial charge in [-0.3, -0.25) is 4.79 Å². The predicted octanol–water partition coefficient (Wildman–Crippen LogP) is 5.96. The van der Waals surface area contributed by atoms with E-state index in [9.17, 15) is 9.90 Å². The summed E-state index contributed by atoms with van der Waals surface area (Å²) in [5.41, 5.74) is 4.78. The number of carboxylic acid groups (broad SMARTS) is 1. The van der Waals surface area contributed by atoms with E-state index in [1.807, 2.05) is 36.4 Å². The molecule has 1 unspecified atom stereocenters. The summed E-state index contributed by atoms with van der Waals surface area (Å²) in [6.07, 6.45) is 4.04. The maximum Gasteiger partial charge on any atom is 0.306 e. The minimum atomic E-state index is -0.681. The van der Waals surface area contributed by atoms with Gasteiger partial charge >= 0.3 is 5.97 Å². The Morgan fingerprint density at radius 2 is 1.31 bits per heavy atom. The number of aryl methyl sites for hydroxylation is 2. The Bertz CT molecular complexity index is 860. The van der Waals surface area contributed by atoms with Gasteiger partial charge in [-0.1, -0.05) is 72.8 Å². The van der Waals surface area contributed by atoms with Crippen molar-refractivity contribution in [3.05, 3.63) is 102 Å². The number of rotatable bonds is 11. The maximum absolute atomic E-state index is 11.6. The number of nitrogens with one attached hydrogen (secondary N) is 1. The number of anilines is 1. The lowest BCUT2D eigenvalue weighted by molar-refractivity contribution is -0.142. The van der Waals surface area contributed by atoms with E-state index in [1.165, 1.54) is 16.7 Å². The molecule has 1 atom stereocenters. The van der Waals surface area contributed by atoms with Crippen molar-refractivity contribution in [1.82, 2.24) is 0 Å². The molecule has 0 aromatic heterocycles. The van der Waals surface area contributed by atoms with Crippen LogP contribution in [0, 0.1) is 5.92 Å². The van der Waals surface area contributed by atoms with Crippen molar-refractivity contribution in [1.29, 1.82) is 0 Å². The Labute approximate surface area is 173 Å². The Morgan fingerprint density at radius 1 is 0.724 bits per heavy atom. The number of hydrogen-bond acceptors (Lipinski definition) is 2. The van der Waals surface area contributed by atoms with Crippen LogP contribution in [0.1, 0.15) is 36.0 Å². The largest absolute Gasteiger partial charge is 0.481 e. The summed E-state index contributed by atoms with van der Waals surface area (Å²) in [7, 11) is 0. The highest BCUT2D eigenvalue weighted by Crippen LogP contribution is 2.19. The Hall–Kier alpha value is -3.07. The molecule has 0 aliphatic carbocycles. The van der Waals surface area contributed by atoms with Gasteiger partial charge in [0.15, 0.2) is 0 Å². The normalized spacial score (nSPS) is 11.7. The molecule has 29 heavy (non-hydrogen) atoms. The second-order valence-corrected chi connectivity index (χ2v) is 7.49. The molecule has 0 heterocycles. The molecule has 0 fully saturated rings. The fraction of sp³-hybridized carbons (Fsp3) is 0.269. The topological polar surface area (TPSA) is 49.3 Å². The van der Waals surface area contributed by atoms with Crippen LogP contribution in [0.15, 0.2) is 84.9 Å². The lowest BCUT2D eigenvalue weighted by atomic mass is 9.93. The van der Waals surface area contributed by atoms with Crippen molar-refractivity contribution in [2.45, 2.75) is 38.6 Å². The van der Waals surface area contributed by atoms with Gasteiger partial charge in [-0.15, -0.1) is 0 Å². The molecular formula is C26H29NO2. The summed E-state index contributed by atoms with van der Waals surface area (Å²) in [5, 5.41) is 13.0. The predicted molar refractivity (Wildman–Crippen MR) is 119 cm³/mol. The zero-order valence-corrected chi connectivity index (χ0v) is 16.8. The van der Waals surface area contributed by atoms with Gasteiger partial charge in [0.05, 0.1) is 5.92 Å². The Kier molecular flexibility index (Phi) is 7.88. The quantitative estimate of drug-likeness (QED) is 0.427. The Morgan fingerprint density at radius 3 is 1.93 bits per heavy atom. The highest BCUT2D eigenvalue weighted by Gasteiger charge is 2.17. The van der Waals surface area contributed by atoms with E-state index in [-0.39, 0.29) is 5.92 Å². The molecule has 3 nitrogen and oxygen atoms in total. The first-order chi connectivity index (χ1) is 14.2. The summed E-state index contributed by atoms with van der Waals surface area (Å²) in [5.74, 6) is -0.964. The molecule has 0 aliphatic heterocycles. The first-order valence-electron chi connectivity index (χ1n) is 10.3. The van der Waals surface area contributed by atoms with Crippen LogP contribution in [0.25, 0.3) is 0 Å². The molecular weight excluding hydrogens is 358 g/mol. The molecule has 0 saturated heterocycles. The smallest absolute Gasteiger partial charge is 0.306 e. The third-order valence-electron chi connectivity index (χ3n) is 5.28. The highest BCUT2D eigenvalue weighted by molar-refractivity contribution is 5.69. The van der Waals surface area contributed by atoms with E-state index >= 15 is 0 Å². The van der Waals surface area contributed by atoms with Gasteiger partial charge in [-0.05, 0) is 60.9 Å². The summed E-state index contributed by atoms with van der Waals surface area (Å²) in [4.78, 5) is 11.6. The molecule has 150 valence electrons. The summed E-state index contributed by atoms with van der Waals surface area (Å²) in [6.45, 7) is 0.794. The van der Waals surface area contributed by atoms with Crippen LogP contribution in [-0.2, 0) is 24.2 Å². The third kappa shape index (κ3) is 7.11. The monoisotopic (exact) mass is 387 g/mol. The zero-order valence-electron chi connectivity index (χ0n) is 16.8. The fourth-order valence-corrected chi connectivity index (χ4v) is 3.52. The molecule has 3 rings (SSSR count). The van der Waals surface area contributed by atoms with Crippen molar-refractivity contribution >= 4 is 11.7 Å². The molecule has 0 amide bonds. The number of carbonyl (C=O) groups is 1. The van der Waals surface area contributed by atoms with Gasteiger partial charge in [0.25, 0.3) is 0 Å². The van der Waals surface area contributed by atoms with Crippen LogP contribution < -0.4 is 5.32 Å². The minimum absolute atomic E-state index is 0.283. The molecule has 0 bridgehead atoms. The standard InChI is InChI=1S/C26H29NO2/c28-26(29)24(13-7-12-21-8-3-1-4-9-21)17-14-22-15-18-25(19-16-22)27-20-23-10-5-2-6-11-23/h1-6,8-11,15-16,18-19,24,27H,7,12-14,17,20H2,(H,28,29). The number of carboxylic acids is 1. The van der Waals surface area contributed by atoms with E-state index in [0.29, 0.717) is 6.42 Å². The van der Waals surface area contributed by atoms with Crippen LogP contribution in [0.3, 0.4) is 0 Å². The molecule has 0 saturated carbocycles. The maximum atomic E-state index is 11.6. The van der Waals surface area contributed by atoms with E-state index in [1.54, 1.807) is 0 Å². The SMILES string of the molecule is O=C(O)C(CCCc1ccccc1)CCc1ccc(NCc2ccccc2)cc1. The van der Waals surface area contributed by atoms with Crippen LogP contribution in [0.4, 0.5) is 5.69 Å². The summed E-state index contributed by atoms with van der Waals surface area (Å²) >= 11 is 0. The van der Waals surface area contributed by atoms with E-state index in [0.717, 1.165) is 37.9 Å². The molecule has 0 radical (unpaired) electrons. The molecule has 0 spiro atoms. The van der Waals surface area contributed by atoms with Gasteiger partial charge in [0.1, 0.15) is 0 Å². The van der Waals surface area contributed by atoms with Crippen LogP contribution >= 0.6 is 0 Å². The van der Waals surface area contributed by atoms with Crippen LogP contribution in [0.5, 0.6) is 0 Å². The number of aliphatic carboxylic acids is 1. The van der Waals surface area contributed by atoms with Crippen molar-refractivity contribution in [2.75, 3.05) is 5.32 Å². The van der Waals surface area contributed by atoms with Crippen LogP contribution in [0.2, 0.25) is 0 Å². The average molecular weight is 388 g/mol. The summed E-state index contributed by atoms with van der Waals surface area (Å²) < 4.78 is 0. The first-order valence-corrected chi connectivity index (χ1v) is 10.3. The number of benzene rings is 3. The Balaban J connectivity index is 1.43. The average Bonchev–Trinajstić information content (AvgIpc) is 2.76. The molecule has 0 aliphatic rings. The fourth-order valence-electron chi connectivity index (χ4n) is 3.52. The number of hydrogen-bond donors (Lipinski definition) is 2. The van der Waals surface area contributed by atoms with Crippen molar-refractivity contribution in [3.8, 4) is 0 Å². The zero-order chi connectivity index (χ0) is 20.3. The van der Waals surface area contributed by atoms with Crippen molar-refractivity contribution in [3.63, 3.8) is 0 Å². The van der Waals surface area contributed by atoms with Crippen molar-refractivity contribution in [2.24, 2.45) is 5.92 Å². The second-order valence-electron chi connectivity index (χ2n) is 7.49. The molecule has 3 aromatic rings. The van der Waals surface area contributed by atoms with Crippen molar-refractivity contribution < 1.29 is 9.90 Å². The minimum Gasteiger partial charge on any atom is -0.481 e. The molecule has 3 heteroatoms. The molecule has 2 N–H and O–H groups in total. The third-order valence-corrected chi connectivity index (χ3v) is 5.28. The van der Waals surface area contributed by atoms with Gasteiger partial charge < -0.3 is 10.4 Å². The van der Waals surface area contributed by atoms with E-state index in [4.69, 9.17) is 0 Å². The summed E-state index contributed by atoms with van der Waals surface area (Å²) in [6, 6.07) is 28.9. The second kappa shape index (κ2) is 11.1. The highest BCUT2D eigenvalue weighted by atomic mass is 16.4. The lowest BCUT2D eigenvalue weighted by Crippen LogP contribution is -2.15. The molecule has 3 aromatic carbocycles. The van der Waals surface area contributed by atoms with Crippen LogP contribution in [-0.4, -0.2) is 11.1 Å². The van der Waals surface area contributed by atoms with Gasteiger partial charge in [-0.25, -0.2) is 0 Å². The lowest BCUT2D eigenvalue weighted by Gasteiger charge is -2.13. The van der Waals surface area contributed by atoms with Gasteiger partial charge in [-0.2, -0.15) is 0 Å². The van der Waals surface area contributed by atoms with E-state index < -0.39 is 5.97 Å².